The van der Waals surface area contributed by atoms with Crippen LogP contribution in [-0.2, 0) is 4.79 Å². The summed E-state index contributed by atoms with van der Waals surface area (Å²) in [6.07, 6.45) is 8.99. The maximum Gasteiger partial charge on any atom is 0.255 e. The van der Waals surface area contributed by atoms with E-state index < -0.39 is 0 Å². The molecule has 0 atom stereocenters. The highest BCUT2D eigenvalue weighted by Crippen LogP contribution is 2.26. The Hall–Kier alpha value is -0.770. The maximum absolute atomic E-state index is 11.8. The first-order valence-corrected chi connectivity index (χ1v) is 6.40. The fraction of sp³-hybridized carbons (Fsp3) is 0.636. The third-order valence-corrected chi connectivity index (χ3v) is 3.69. The average Bonchev–Trinajstić information content (AvgIpc) is 2.80. The number of hydrogen-bond acceptors (Lipinski definition) is 4. The van der Waals surface area contributed by atoms with Crippen LogP contribution in [-0.4, -0.2) is 16.5 Å². The Bertz CT molecular complexity index is 304. The molecule has 1 aliphatic rings. The highest BCUT2D eigenvalue weighted by Gasteiger charge is 2.21. The molecular formula is C11H15NO2S. The minimum Gasteiger partial charge on any atom is -0.440 e. The van der Waals surface area contributed by atoms with Gasteiger partial charge < -0.3 is 4.42 Å². The van der Waals surface area contributed by atoms with E-state index >= 15 is 0 Å². The minimum atomic E-state index is 0.293. The van der Waals surface area contributed by atoms with E-state index in [4.69, 9.17) is 4.42 Å². The van der Waals surface area contributed by atoms with E-state index in [0.29, 0.717) is 22.7 Å². The molecule has 0 aromatic carbocycles. The van der Waals surface area contributed by atoms with Gasteiger partial charge in [0, 0.05) is 5.92 Å². The first-order chi connectivity index (χ1) is 7.36. The van der Waals surface area contributed by atoms with Gasteiger partial charge in [-0.1, -0.05) is 31.0 Å². The van der Waals surface area contributed by atoms with Gasteiger partial charge in [-0.05, 0) is 12.8 Å². The SMILES string of the molecule is O=C(CSc1ncco1)C1CCCCC1. The zero-order valence-electron chi connectivity index (χ0n) is 8.65. The quantitative estimate of drug-likeness (QED) is 0.739. The third kappa shape index (κ3) is 3.09. The van der Waals surface area contributed by atoms with Crippen molar-refractivity contribution in [1.29, 1.82) is 0 Å². The zero-order chi connectivity index (χ0) is 10.5. The molecule has 1 saturated carbocycles. The number of Topliss-reactive ketones (excluding diaryl/α,β-unsaturated/α-hetero) is 1. The lowest BCUT2D eigenvalue weighted by Crippen LogP contribution is -2.19. The van der Waals surface area contributed by atoms with Crippen LogP contribution in [0.2, 0.25) is 0 Å². The van der Waals surface area contributed by atoms with Crippen molar-refractivity contribution in [2.75, 3.05) is 5.75 Å². The summed E-state index contributed by atoms with van der Waals surface area (Å²) in [5, 5.41) is 0.596. The summed E-state index contributed by atoms with van der Waals surface area (Å²) < 4.78 is 5.07. The largest absolute Gasteiger partial charge is 0.440 e. The maximum atomic E-state index is 11.8. The van der Waals surface area contributed by atoms with Crippen LogP contribution in [0, 0.1) is 5.92 Å². The van der Waals surface area contributed by atoms with Gasteiger partial charge >= 0.3 is 0 Å². The highest BCUT2D eigenvalue weighted by molar-refractivity contribution is 7.99. The standard InChI is InChI=1S/C11H15NO2S/c13-10(9-4-2-1-3-5-9)8-15-11-12-6-7-14-11/h6-7,9H,1-5,8H2. The summed E-state index contributed by atoms with van der Waals surface area (Å²) in [6, 6.07) is 0. The molecule has 1 fully saturated rings. The van der Waals surface area contributed by atoms with Gasteiger partial charge in [-0.3, -0.25) is 4.79 Å². The molecule has 0 spiro atoms. The Morgan fingerprint density at radius 3 is 2.93 bits per heavy atom. The van der Waals surface area contributed by atoms with Crippen molar-refractivity contribution in [3.63, 3.8) is 0 Å². The molecule has 0 amide bonds. The number of thioether (sulfide) groups is 1. The van der Waals surface area contributed by atoms with E-state index in [1.54, 1.807) is 6.20 Å². The lowest BCUT2D eigenvalue weighted by atomic mass is 9.87. The minimum absolute atomic E-state index is 0.293. The van der Waals surface area contributed by atoms with Gasteiger partial charge in [-0.15, -0.1) is 0 Å². The smallest absolute Gasteiger partial charge is 0.255 e. The van der Waals surface area contributed by atoms with E-state index in [0.717, 1.165) is 12.8 Å². The molecule has 0 aliphatic heterocycles. The van der Waals surface area contributed by atoms with E-state index in [1.165, 1.54) is 37.3 Å². The van der Waals surface area contributed by atoms with E-state index in [-0.39, 0.29) is 0 Å². The summed E-state index contributed by atoms with van der Waals surface area (Å²) in [5.41, 5.74) is 0. The number of rotatable bonds is 4. The van der Waals surface area contributed by atoms with Crippen molar-refractivity contribution in [2.45, 2.75) is 37.3 Å². The molecule has 4 heteroatoms. The first-order valence-electron chi connectivity index (χ1n) is 5.41. The molecule has 15 heavy (non-hydrogen) atoms. The van der Waals surface area contributed by atoms with Crippen molar-refractivity contribution < 1.29 is 9.21 Å². The number of carbonyl (C=O) groups excluding carboxylic acids is 1. The summed E-state index contributed by atoms with van der Waals surface area (Å²) in [5.74, 6) is 1.16. The van der Waals surface area contributed by atoms with Crippen LogP contribution < -0.4 is 0 Å². The molecule has 1 aromatic heterocycles. The van der Waals surface area contributed by atoms with Gasteiger partial charge in [0.05, 0.1) is 11.9 Å². The molecular weight excluding hydrogens is 210 g/mol. The fourth-order valence-electron chi connectivity index (χ4n) is 1.96. The van der Waals surface area contributed by atoms with Crippen LogP contribution in [0.15, 0.2) is 22.1 Å². The third-order valence-electron chi connectivity index (χ3n) is 2.81. The lowest BCUT2D eigenvalue weighted by Gasteiger charge is -2.19. The Balaban J connectivity index is 1.76. The van der Waals surface area contributed by atoms with Crippen LogP contribution in [0.25, 0.3) is 0 Å². The Labute approximate surface area is 93.6 Å². The van der Waals surface area contributed by atoms with Crippen LogP contribution in [0.1, 0.15) is 32.1 Å². The molecule has 3 nitrogen and oxygen atoms in total. The monoisotopic (exact) mass is 225 g/mol. The molecule has 0 unspecified atom stereocenters. The van der Waals surface area contributed by atoms with Crippen molar-refractivity contribution in [3.8, 4) is 0 Å². The Morgan fingerprint density at radius 1 is 1.47 bits per heavy atom. The van der Waals surface area contributed by atoms with E-state index in [1.807, 2.05) is 0 Å². The molecule has 1 aromatic rings. The van der Waals surface area contributed by atoms with Crippen molar-refractivity contribution in [3.05, 3.63) is 12.5 Å². The highest BCUT2D eigenvalue weighted by atomic mass is 32.2. The lowest BCUT2D eigenvalue weighted by molar-refractivity contribution is -0.121. The number of oxazole rings is 1. The number of ketones is 1. The molecule has 0 bridgehead atoms. The van der Waals surface area contributed by atoms with Crippen molar-refractivity contribution >= 4 is 17.5 Å². The predicted octanol–water partition coefficient (Wildman–Crippen LogP) is 2.92. The predicted molar refractivity (Wildman–Crippen MR) is 58.8 cm³/mol. The van der Waals surface area contributed by atoms with Gasteiger partial charge in [0.1, 0.15) is 12.0 Å². The van der Waals surface area contributed by atoms with Gasteiger partial charge in [-0.2, -0.15) is 0 Å². The van der Waals surface area contributed by atoms with Gasteiger partial charge in [0.2, 0.25) is 0 Å². The molecule has 1 aliphatic carbocycles. The van der Waals surface area contributed by atoms with Crippen LogP contribution in [0.3, 0.4) is 0 Å². The van der Waals surface area contributed by atoms with E-state index in [2.05, 4.69) is 4.98 Å². The summed E-state index contributed by atoms with van der Waals surface area (Å²) >= 11 is 1.40. The van der Waals surface area contributed by atoms with Crippen LogP contribution in [0.5, 0.6) is 0 Å². The molecule has 2 rings (SSSR count). The number of nitrogens with zero attached hydrogens (tertiary/aromatic N) is 1. The van der Waals surface area contributed by atoms with Gasteiger partial charge in [0.15, 0.2) is 0 Å². The zero-order valence-corrected chi connectivity index (χ0v) is 9.46. The summed E-state index contributed by atoms with van der Waals surface area (Å²) in [7, 11) is 0. The normalized spacial score (nSPS) is 17.9. The Morgan fingerprint density at radius 2 is 2.27 bits per heavy atom. The summed E-state index contributed by atoms with van der Waals surface area (Å²) in [6.45, 7) is 0. The molecule has 0 saturated heterocycles. The second-order valence-electron chi connectivity index (χ2n) is 3.89. The van der Waals surface area contributed by atoms with Crippen molar-refractivity contribution in [1.82, 2.24) is 4.98 Å². The average molecular weight is 225 g/mol. The second-order valence-corrected chi connectivity index (χ2v) is 4.81. The van der Waals surface area contributed by atoms with Crippen molar-refractivity contribution in [2.24, 2.45) is 5.92 Å². The molecule has 0 N–H and O–H groups in total. The molecule has 1 heterocycles. The van der Waals surface area contributed by atoms with Gasteiger partial charge in [0.25, 0.3) is 5.22 Å². The fourth-order valence-corrected chi connectivity index (χ4v) is 2.72. The molecule has 82 valence electrons. The number of aromatic nitrogens is 1. The topological polar surface area (TPSA) is 43.1 Å². The van der Waals surface area contributed by atoms with E-state index in [9.17, 15) is 4.79 Å². The van der Waals surface area contributed by atoms with Gasteiger partial charge in [-0.25, -0.2) is 4.98 Å². The summed E-state index contributed by atoms with van der Waals surface area (Å²) in [4.78, 5) is 15.8. The first kappa shape index (κ1) is 10.7. The van der Waals surface area contributed by atoms with Crippen LogP contribution in [0.4, 0.5) is 0 Å². The van der Waals surface area contributed by atoms with Crippen LogP contribution >= 0.6 is 11.8 Å². The Kier molecular flexibility index (Phi) is 3.83. The molecule has 0 radical (unpaired) electrons. The number of hydrogen-bond donors (Lipinski definition) is 0. The number of carbonyl (C=O) groups is 1. The second kappa shape index (κ2) is 5.35.